The Balaban J connectivity index is 1.52. The van der Waals surface area contributed by atoms with Crippen molar-refractivity contribution in [2.24, 2.45) is 5.92 Å². The van der Waals surface area contributed by atoms with Crippen LogP contribution in [0.15, 0.2) is 35.7 Å². The van der Waals surface area contributed by atoms with Gasteiger partial charge in [-0.3, -0.25) is 9.59 Å². The lowest BCUT2D eigenvalue weighted by Gasteiger charge is -2.38. The summed E-state index contributed by atoms with van der Waals surface area (Å²) < 4.78 is 20.0. The Bertz CT molecular complexity index is 972. The van der Waals surface area contributed by atoms with Crippen molar-refractivity contribution in [1.82, 2.24) is 9.80 Å². The van der Waals surface area contributed by atoms with Gasteiger partial charge in [0.1, 0.15) is 13.2 Å². The molecule has 5 nitrogen and oxygen atoms in total. The van der Waals surface area contributed by atoms with E-state index in [1.165, 1.54) is 10.9 Å². The number of hydrogen-bond acceptors (Lipinski definition) is 4. The number of halogens is 1. The van der Waals surface area contributed by atoms with Crippen LogP contribution < -0.4 is 4.74 Å². The fraction of sp³-hybridized carbons (Fsp3) is 0.538. The summed E-state index contributed by atoms with van der Waals surface area (Å²) in [4.78, 5) is 31.7. The molecular formula is C26H33FN2O3S. The third-order valence-corrected chi connectivity index (χ3v) is 8.06. The summed E-state index contributed by atoms with van der Waals surface area (Å²) in [7, 11) is 0. The van der Waals surface area contributed by atoms with Crippen molar-refractivity contribution in [3.63, 3.8) is 0 Å². The number of thiophene rings is 1. The van der Waals surface area contributed by atoms with Crippen LogP contribution in [-0.4, -0.2) is 47.4 Å². The van der Waals surface area contributed by atoms with E-state index in [1.54, 1.807) is 34.4 Å². The molecule has 2 heterocycles. The lowest BCUT2D eigenvalue weighted by atomic mass is 10.00. The molecule has 1 aliphatic heterocycles. The third kappa shape index (κ3) is 5.24. The third-order valence-electron chi connectivity index (χ3n) is 7.06. The zero-order valence-corrected chi connectivity index (χ0v) is 20.3. The van der Waals surface area contributed by atoms with Crippen LogP contribution in [0.4, 0.5) is 4.39 Å². The van der Waals surface area contributed by atoms with Gasteiger partial charge in [-0.25, -0.2) is 4.39 Å². The van der Waals surface area contributed by atoms with Crippen molar-refractivity contribution in [2.45, 2.75) is 64.5 Å². The van der Waals surface area contributed by atoms with E-state index in [4.69, 9.17) is 4.74 Å². The number of carbonyl (C=O) groups is 2. The molecule has 0 saturated heterocycles. The van der Waals surface area contributed by atoms with Gasteiger partial charge in [0.15, 0.2) is 11.6 Å². The Morgan fingerprint density at radius 3 is 2.73 bits per heavy atom. The van der Waals surface area contributed by atoms with Crippen molar-refractivity contribution >= 4 is 23.2 Å². The van der Waals surface area contributed by atoms with Crippen LogP contribution in [0.25, 0.3) is 0 Å². The highest BCUT2D eigenvalue weighted by Gasteiger charge is 2.36. The molecule has 1 aromatic carbocycles. The Morgan fingerprint density at radius 1 is 1.24 bits per heavy atom. The second-order valence-electron chi connectivity index (χ2n) is 9.10. The van der Waals surface area contributed by atoms with Gasteiger partial charge in [-0.15, -0.1) is 11.3 Å². The van der Waals surface area contributed by atoms with E-state index in [1.807, 2.05) is 30.2 Å². The molecule has 1 fully saturated rings. The van der Waals surface area contributed by atoms with Crippen molar-refractivity contribution in [3.8, 4) is 5.75 Å². The van der Waals surface area contributed by atoms with Crippen LogP contribution in [0, 0.1) is 11.7 Å². The summed E-state index contributed by atoms with van der Waals surface area (Å²) in [5.74, 6) is -0.147. The van der Waals surface area contributed by atoms with Gasteiger partial charge >= 0.3 is 0 Å². The number of rotatable bonds is 8. The Kier molecular flexibility index (Phi) is 7.68. The normalized spacial score (nSPS) is 19.2. The van der Waals surface area contributed by atoms with Crippen LogP contribution in [-0.2, 0) is 16.0 Å². The van der Waals surface area contributed by atoms with E-state index in [0.717, 1.165) is 44.1 Å². The van der Waals surface area contributed by atoms with Crippen LogP contribution in [0.5, 0.6) is 5.75 Å². The molecule has 0 bridgehead atoms. The van der Waals surface area contributed by atoms with E-state index in [9.17, 15) is 14.0 Å². The van der Waals surface area contributed by atoms with E-state index in [0.29, 0.717) is 6.54 Å². The van der Waals surface area contributed by atoms with E-state index >= 15 is 0 Å². The van der Waals surface area contributed by atoms with Gasteiger partial charge in [0.05, 0.1) is 6.04 Å². The number of para-hydroxylation sites is 1. The molecule has 2 aliphatic rings. The highest BCUT2D eigenvalue weighted by Crippen LogP contribution is 2.35. The number of ether oxygens (including phenoxy) is 1. The molecule has 7 heteroatoms. The van der Waals surface area contributed by atoms with Gasteiger partial charge < -0.3 is 14.5 Å². The maximum absolute atomic E-state index is 14.1. The molecule has 1 aliphatic carbocycles. The summed E-state index contributed by atoms with van der Waals surface area (Å²) in [5, 5.41) is 2.03. The predicted molar refractivity (Wildman–Crippen MR) is 128 cm³/mol. The molecular weight excluding hydrogens is 439 g/mol. The molecule has 2 aromatic rings. The highest BCUT2D eigenvalue weighted by atomic mass is 32.1. The van der Waals surface area contributed by atoms with Crippen molar-refractivity contribution in [3.05, 3.63) is 52.0 Å². The second kappa shape index (κ2) is 10.7. The van der Waals surface area contributed by atoms with Gasteiger partial charge in [-0.2, -0.15) is 0 Å². The molecule has 1 aromatic heterocycles. The molecule has 33 heavy (non-hydrogen) atoms. The molecule has 0 N–H and O–H groups in total. The lowest BCUT2D eigenvalue weighted by molar-refractivity contribution is -0.146. The average Bonchev–Trinajstić information content (AvgIpc) is 3.53. The number of amides is 2. The first-order valence-electron chi connectivity index (χ1n) is 12.0. The molecule has 0 spiro atoms. The summed E-state index contributed by atoms with van der Waals surface area (Å²) in [6.45, 7) is 4.90. The van der Waals surface area contributed by atoms with E-state index < -0.39 is 5.82 Å². The molecule has 1 saturated carbocycles. The average molecular weight is 473 g/mol. The Labute approximate surface area is 199 Å². The Hall–Kier alpha value is -2.41. The Morgan fingerprint density at radius 2 is 2.00 bits per heavy atom. The van der Waals surface area contributed by atoms with Gasteiger partial charge in [0, 0.05) is 23.4 Å². The molecule has 0 radical (unpaired) electrons. The number of nitrogens with zero attached hydrogens (tertiary/aromatic N) is 2. The first-order chi connectivity index (χ1) is 16.0. The van der Waals surface area contributed by atoms with E-state index in [2.05, 4.69) is 0 Å². The minimum atomic E-state index is -0.415. The van der Waals surface area contributed by atoms with Crippen LogP contribution in [0.3, 0.4) is 0 Å². The van der Waals surface area contributed by atoms with Crippen molar-refractivity contribution in [2.75, 3.05) is 19.7 Å². The monoisotopic (exact) mass is 472 g/mol. The minimum absolute atomic E-state index is 0.0108. The zero-order chi connectivity index (χ0) is 23.4. The van der Waals surface area contributed by atoms with E-state index in [-0.39, 0.29) is 48.7 Å². The minimum Gasteiger partial charge on any atom is -0.488 e. The lowest BCUT2D eigenvalue weighted by Crippen LogP contribution is -2.51. The first kappa shape index (κ1) is 23.7. The smallest absolute Gasteiger partial charge is 0.242 e. The molecule has 2 atom stereocenters. The standard InChI is InChI=1S/C26H33FN2O3S/c1-3-18(2)29(26(31)19-8-4-5-9-19)16-25(30)28-14-12-24-20(13-15-33-24)22(28)17-32-23-11-7-6-10-21(23)27/h6-7,10-11,13,15,18-19,22H,3-5,8-9,12,14,16-17H2,1-2H3. The largest absolute Gasteiger partial charge is 0.488 e. The fourth-order valence-corrected chi connectivity index (χ4v) is 5.85. The number of carbonyl (C=O) groups excluding carboxylic acids is 2. The fourth-order valence-electron chi connectivity index (χ4n) is 4.92. The second-order valence-corrected chi connectivity index (χ2v) is 10.1. The van der Waals surface area contributed by atoms with Crippen LogP contribution >= 0.6 is 11.3 Å². The molecule has 2 amide bonds. The molecule has 4 rings (SSSR count). The maximum atomic E-state index is 14.1. The van der Waals surface area contributed by atoms with Crippen LogP contribution in [0.1, 0.15) is 62.4 Å². The number of fused-ring (bicyclic) bond motifs is 1. The number of hydrogen-bond donors (Lipinski definition) is 0. The SMILES string of the molecule is CCC(C)N(CC(=O)N1CCc2sccc2C1COc1ccccc1F)C(=O)C1CCCC1. The van der Waals surface area contributed by atoms with Gasteiger partial charge in [0.25, 0.3) is 0 Å². The van der Waals surface area contributed by atoms with Gasteiger partial charge in [-0.1, -0.05) is 31.9 Å². The van der Waals surface area contributed by atoms with Crippen LogP contribution in [0.2, 0.25) is 0 Å². The zero-order valence-electron chi connectivity index (χ0n) is 19.5. The number of benzene rings is 1. The highest BCUT2D eigenvalue weighted by molar-refractivity contribution is 7.10. The predicted octanol–water partition coefficient (Wildman–Crippen LogP) is 5.21. The summed E-state index contributed by atoms with van der Waals surface area (Å²) >= 11 is 1.68. The summed E-state index contributed by atoms with van der Waals surface area (Å²) in [5.41, 5.74) is 1.06. The van der Waals surface area contributed by atoms with Gasteiger partial charge in [0.2, 0.25) is 11.8 Å². The maximum Gasteiger partial charge on any atom is 0.242 e. The quantitative estimate of drug-likeness (QED) is 0.530. The topological polar surface area (TPSA) is 49.9 Å². The molecule has 2 unspecified atom stereocenters. The van der Waals surface area contributed by atoms with Crippen molar-refractivity contribution < 1.29 is 18.7 Å². The summed E-state index contributed by atoms with van der Waals surface area (Å²) in [6, 6.07) is 8.07. The molecule has 178 valence electrons. The summed E-state index contributed by atoms with van der Waals surface area (Å²) in [6.07, 6.45) is 5.60. The van der Waals surface area contributed by atoms with Gasteiger partial charge in [-0.05, 0) is 61.7 Å². The van der Waals surface area contributed by atoms with Crippen molar-refractivity contribution in [1.29, 1.82) is 0 Å². The first-order valence-corrected chi connectivity index (χ1v) is 12.9.